The first-order valence-electron chi connectivity index (χ1n) is 5.76. The smallest absolute Gasteiger partial charge is 0.311 e. The van der Waals surface area contributed by atoms with E-state index in [2.05, 4.69) is 15.3 Å². The van der Waals surface area contributed by atoms with Gasteiger partial charge in [-0.25, -0.2) is 4.98 Å². The van der Waals surface area contributed by atoms with Gasteiger partial charge in [-0.3, -0.25) is 9.59 Å². The van der Waals surface area contributed by atoms with Gasteiger partial charge in [0, 0.05) is 5.54 Å². The predicted octanol–water partition coefficient (Wildman–Crippen LogP) is 1.08. The minimum Gasteiger partial charge on any atom is -0.489 e. The SMILES string of the molecule is COc1c(NC(C)(C)C(C)(C)C(=O)O)nc[nH]c1=O. The third-order valence-corrected chi connectivity index (χ3v) is 3.54. The van der Waals surface area contributed by atoms with Crippen molar-refractivity contribution in [2.45, 2.75) is 33.2 Å². The molecule has 1 heterocycles. The molecule has 7 heteroatoms. The molecule has 0 aromatic carbocycles. The Hall–Kier alpha value is -2.05. The Kier molecular flexibility index (Phi) is 3.88. The highest BCUT2D eigenvalue weighted by molar-refractivity contribution is 5.76. The molecule has 0 radical (unpaired) electrons. The van der Waals surface area contributed by atoms with Crippen molar-refractivity contribution < 1.29 is 14.6 Å². The van der Waals surface area contributed by atoms with Crippen LogP contribution in [0.4, 0.5) is 5.82 Å². The van der Waals surface area contributed by atoms with E-state index < -0.39 is 22.5 Å². The molecule has 1 rings (SSSR count). The summed E-state index contributed by atoms with van der Waals surface area (Å²) in [6.07, 6.45) is 1.23. The molecule has 7 nitrogen and oxygen atoms in total. The number of methoxy groups -OCH3 is 1. The zero-order chi connectivity index (χ0) is 14.8. The maximum Gasteiger partial charge on any atom is 0.311 e. The number of aliphatic carboxylic acids is 1. The average molecular weight is 269 g/mol. The van der Waals surface area contributed by atoms with E-state index in [1.165, 1.54) is 13.4 Å². The summed E-state index contributed by atoms with van der Waals surface area (Å²) in [5, 5.41) is 12.2. The number of carboxylic acid groups (broad SMARTS) is 1. The zero-order valence-electron chi connectivity index (χ0n) is 11.7. The lowest BCUT2D eigenvalue weighted by molar-refractivity contribution is -0.149. The van der Waals surface area contributed by atoms with Gasteiger partial charge < -0.3 is 20.1 Å². The number of carboxylic acids is 1. The van der Waals surface area contributed by atoms with E-state index in [1.807, 2.05) is 0 Å². The maximum absolute atomic E-state index is 11.6. The quantitative estimate of drug-likeness (QED) is 0.739. The van der Waals surface area contributed by atoms with Crippen molar-refractivity contribution in [2.75, 3.05) is 12.4 Å². The van der Waals surface area contributed by atoms with E-state index >= 15 is 0 Å². The van der Waals surface area contributed by atoms with Gasteiger partial charge in [-0.05, 0) is 27.7 Å². The van der Waals surface area contributed by atoms with Crippen molar-refractivity contribution in [1.29, 1.82) is 0 Å². The maximum atomic E-state index is 11.6. The van der Waals surface area contributed by atoms with E-state index in [4.69, 9.17) is 4.74 Å². The van der Waals surface area contributed by atoms with Gasteiger partial charge in [-0.1, -0.05) is 0 Å². The van der Waals surface area contributed by atoms with Crippen LogP contribution >= 0.6 is 0 Å². The fraction of sp³-hybridized carbons (Fsp3) is 0.583. The first kappa shape index (κ1) is 15.0. The van der Waals surface area contributed by atoms with E-state index in [0.717, 1.165) is 0 Å². The van der Waals surface area contributed by atoms with E-state index in [0.29, 0.717) is 0 Å². The van der Waals surface area contributed by atoms with Gasteiger partial charge in [0.2, 0.25) is 5.75 Å². The molecule has 0 bridgehead atoms. The van der Waals surface area contributed by atoms with E-state index in [1.54, 1.807) is 27.7 Å². The molecule has 0 amide bonds. The summed E-state index contributed by atoms with van der Waals surface area (Å²) < 4.78 is 4.98. The number of aromatic amines is 1. The summed E-state index contributed by atoms with van der Waals surface area (Å²) in [7, 11) is 1.35. The number of hydrogen-bond acceptors (Lipinski definition) is 5. The molecule has 0 spiro atoms. The topological polar surface area (TPSA) is 104 Å². The van der Waals surface area contributed by atoms with Gasteiger partial charge in [0.1, 0.15) is 0 Å². The van der Waals surface area contributed by atoms with Crippen molar-refractivity contribution in [3.8, 4) is 5.75 Å². The lowest BCUT2D eigenvalue weighted by Crippen LogP contribution is -2.51. The van der Waals surface area contributed by atoms with Gasteiger partial charge in [-0.15, -0.1) is 0 Å². The van der Waals surface area contributed by atoms with Gasteiger partial charge >= 0.3 is 5.97 Å². The second-order valence-corrected chi connectivity index (χ2v) is 5.29. The van der Waals surface area contributed by atoms with E-state index in [9.17, 15) is 14.7 Å². The number of H-pyrrole nitrogens is 1. The molecule has 0 atom stereocenters. The molecule has 0 aliphatic rings. The lowest BCUT2D eigenvalue weighted by atomic mass is 9.74. The van der Waals surface area contributed by atoms with Crippen molar-refractivity contribution in [2.24, 2.45) is 5.41 Å². The molecule has 0 saturated carbocycles. The van der Waals surface area contributed by atoms with Crippen molar-refractivity contribution in [1.82, 2.24) is 9.97 Å². The normalized spacial score (nSPS) is 12.1. The molecular weight excluding hydrogens is 250 g/mol. The van der Waals surface area contributed by atoms with Crippen LogP contribution in [0.3, 0.4) is 0 Å². The number of anilines is 1. The van der Waals surface area contributed by atoms with Gasteiger partial charge in [0.25, 0.3) is 5.56 Å². The molecule has 0 aliphatic carbocycles. The number of rotatable bonds is 5. The third kappa shape index (κ3) is 2.69. The van der Waals surface area contributed by atoms with Crippen molar-refractivity contribution in [3.05, 3.63) is 16.7 Å². The Bertz CT molecular complexity index is 534. The Morgan fingerprint density at radius 3 is 2.47 bits per heavy atom. The number of aromatic nitrogens is 2. The monoisotopic (exact) mass is 269 g/mol. The van der Waals surface area contributed by atoms with Gasteiger partial charge in [0.15, 0.2) is 5.82 Å². The summed E-state index contributed by atoms with van der Waals surface area (Å²) in [6.45, 7) is 6.65. The number of ether oxygens (including phenoxy) is 1. The molecule has 19 heavy (non-hydrogen) atoms. The Morgan fingerprint density at radius 2 is 2.00 bits per heavy atom. The fourth-order valence-corrected chi connectivity index (χ4v) is 1.39. The van der Waals surface area contributed by atoms with Crippen LogP contribution in [0.25, 0.3) is 0 Å². The minimum absolute atomic E-state index is 0.0248. The molecule has 0 saturated heterocycles. The summed E-state index contributed by atoms with van der Waals surface area (Å²) in [6, 6.07) is 0. The van der Waals surface area contributed by atoms with Gasteiger partial charge in [-0.2, -0.15) is 0 Å². The third-order valence-electron chi connectivity index (χ3n) is 3.54. The van der Waals surface area contributed by atoms with Crippen LogP contribution in [0.15, 0.2) is 11.1 Å². The van der Waals surface area contributed by atoms with Crippen molar-refractivity contribution >= 4 is 11.8 Å². The summed E-state index contributed by atoms with van der Waals surface area (Å²) in [5.41, 5.74) is -2.33. The largest absolute Gasteiger partial charge is 0.489 e. The Morgan fingerprint density at radius 1 is 1.42 bits per heavy atom. The fourth-order valence-electron chi connectivity index (χ4n) is 1.39. The first-order valence-corrected chi connectivity index (χ1v) is 5.76. The van der Waals surface area contributed by atoms with E-state index in [-0.39, 0.29) is 11.6 Å². The van der Waals surface area contributed by atoms with Crippen LogP contribution in [-0.4, -0.2) is 33.7 Å². The van der Waals surface area contributed by atoms with Crippen LogP contribution in [-0.2, 0) is 4.79 Å². The molecule has 0 fully saturated rings. The second kappa shape index (κ2) is 4.91. The van der Waals surface area contributed by atoms with Crippen LogP contribution < -0.4 is 15.6 Å². The molecule has 0 unspecified atom stereocenters. The molecular formula is C12H19N3O4. The molecule has 1 aromatic heterocycles. The van der Waals surface area contributed by atoms with Crippen LogP contribution in [0, 0.1) is 5.41 Å². The van der Waals surface area contributed by atoms with Crippen molar-refractivity contribution in [3.63, 3.8) is 0 Å². The average Bonchev–Trinajstić information content (AvgIpc) is 2.28. The molecule has 106 valence electrons. The number of hydrogen-bond donors (Lipinski definition) is 3. The molecule has 3 N–H and O–H groups in total. The second-order valence-electron chi connectivity index (χ2n) is 5.29. The summed E-state index contributed by atoms with van der Waals surface area (Å²) in [4.78, 5) is 29.3. The lowest BCUT2D eigenvalue weighted by Gasteiger charge is -2.39. The van der Waals surface area contributed by atoms with Crippen LogP contribution in [0.2, 0.25) is 0 Å². The number of nitrogens with zero attached hydrogens (tertiary/aromatic N) is 1. The molecule has 0 aliphatic heterocycles. The zero-order valence-corrected chi connectivity index (χ0v) is 11.7. The summed E-state index contributed by atoms with van der Waals surface area (Å²) in [5.74, 6) is -0.712. The highest BCUT2D eigenvalue weighted by Crippen LogP contribution is 2.34. The number of nitrogens with one attached hydrogen (secondary N) is 2. The standard InChI is InChI=1S/C12H19N3O4/c1-11(2,10(17)18)12(3,4)15-8-7(19-5)9(16)14-6-13-8/h6H,1-5H3,(H,17,18)(H2,13,14,15,16). The highest BCUT2D eigenvalue weighted by atomic mass is 16.5. The highest BCUT2D eigenvalue weighted by Gasteiger charge is 2.44. The van der Waals surface area contributed by atoms with Gasteiger partial charge in [0.05, 0.1) is 18.9 Å². The Balaban J connectivity index is 3.19. The first-order chi connectivity index (χ1) is 8.63. The van der Waals surface area contributed by atoms with Crippen LogP contribution in [0.5, 0.6) is 5.75 Å². The minimum atomic E-state index is -1.07. The van der Waals surface area contributed by atoms with Crippen LogP contribution in [0.1, 0.15) is 27.7 Å². The number of carbonyl (C=O) groups is 1. The molecule has 1 aromatic rings. The summed E-state index contributed by atoms with van der Waals surface area (Å²) >= 11 is 0. The Labute approximate surface area is 111 Å². The predicted molar refractivity (Wildman–Crippen MR) is 70.5 cm³/mol.